The number of hydrogen-bond acceptors (Lipinski definition) is 1. The van der Waals surface area contributed by atoms with Gasteiger partial charge in [0.2, 0.25) is 0 Å². The van der Waals surface area contributed by atoms with Crippen molar-refractivity contribution in [2.24, 2.45) is 0 Å². The SMILES string of the molecule is c1ccc(-c2ccccc2-c2ccccc2-c2ccccc2N(c2ccc(-c3ccc(-c4ccc5ccccc5c4)cc3)cc2)c2ccc(-c3cccc4c5ccccc5n(-c5ccccc5)c34)cc2)cc1. The minimum Gasteiger partial charge on any atom is -0.310 e. The van der Waals surface area contributed by atoms with Crippen molar-refractivity contribution in [1.82, 2.24) is 4.57 Å². The summed E-state index contributed by atoms with van der Waals surface area (Å²) in [6.45, 7) is 0. The Hall–Kier alpha value is -9.50. The van der Waals surface area contributed by atoms with Crippen LogP contribution in [0, 0.1) is 0 Å². The van der Waals surface area contributed by atoms with E-state index in [4.69, 9.17) is 0 Å². The highest BCUT2D eigenvalue weighted by Gasteiger charge is 2.22. The van der Waals surface area contributed by atoms with E-state index in [-0.39, 0.29) is 0 Å². The van der Waals surface area contributed by atoms with Gasteiger partial charge in [0.1, 0.15) is 0 Å². The van der Waals surface area contributed by atoms with Gasteiger partial charge in [-0.3, -0.25) is 0 Å². The van der Waals surface area contributed by atoms with Crippen LogP contribution in [0.2, 0.25) is 0 Å². The van der Waals surface area contributed by atoms with Gasteiger partial charge in [0, 0.05) is 39.0 Å². The smallest absolute Gasteiger partial charge is 0.0619 e. The first kappa shape index (κ1) is 42.6. The van der Waals surface area contributed by atoms with Crippen LogP contribution in [0.1, 0.15) is 0 Å². The van der Waals surface area contributed by atoms with E-state index in [1.165, 1.54) is 82.6 Å². The fraction of sp³-hybridized carbons (Fsp3) is 0. The minimum atomic E-state index is 1.07. The Morgan fingerprint density at radius 2 is 0.694 bits per heavy atom. The molecule has 0 saturated carbocycles. The summed E-state index contributed by atoms with van der Waals surface area (Å²) in [6.07, 6.45) is 0. The first-order chi connectivity index (χ1) is 35.7. The first-order valence-electron chi connectivity index (χ1n) is 24.7. The Morgan fingerprint density at radius 3 is 1.39 bits per heavy atom. The van der Waals surface area contributed by atoms with E-state index in [9.17, 15) is 0 Å². The predicted octanol–water partition coefficient (Wildman–Crippen LogP) is 19.4. The van der Waals surface area contributed by atoms with Gasteiger partial charge in [-0.2, -0.15) is 0 Å². The van der Waals surface area contributed by atoms with E-state index in [1.54, 1.807) is 0 Å². The molecular weight excluding hydrogens is 869 g/mol. The van der Waals surface area contributed by atoms with Crippen LogP contribution >= 0.6 is 0 Å². The number of para-hydroxylation sites is 4. The zero-order valence-corrected chi connectivity index (χ0v) is 39.6. The third-order valence-electron chi connectivity index (χ3n) is 14.2. The maximum Gasteiger partial charge on any atom is 0.0619 e. The molecule has 0 N–H and O–H groups in total. The molecule has 0 radical (unpaired) electrons. The lowest BCUT2D eigenvalue weighted by Gasteiger charge is -2.29. The van der Waals surface area contributed by atoms with Crippen molar-refractivity contribution in [1.29, 1.82) is 0 Å². The highest BCUT2D eigenvalue weighted by Crippen LogP contribution is 2.46. The van der Waals surface area contributed by atoms with Crippen molar-refractivity contribution in [3.8, 4) is 72.4 Å². The fourth-order valence-corrected chi connectivity index (χ4v) is 10.8. The number of hydrogen-bond donors (Lipinski definition) is 0. The molecule has 0 fully saturated rings. The Kier molecular flexibility index (Phi) is 10.9. The van der Waals surface area contributed by atoms with E-state index in [1.807, 2.05) is 0 Å². The molecule has 0 aliphatic heterocycles. The van der Waals surface area contributed by atoms with Crippen LogP contribution in [0.5, 0.6) is 0 Å². The molecule has 0 aliphatic carbocycles. The van der Waals surface area contributed by atoms with Gasteiger partial charge in [-0.1, -0.05) is 237 Å². The monoisotopic (exact) mass is 916 g/mol. The lowest BCUT2D eigenvalue weighted by molar-refractivity contribution is 1.18. The fourth-order valence-electron chi connectivity index (χ4n) is 10.8. The van der Waals surface area contributed by atoms with Crippen molar-refractivity contribution in [2.75, 3.05) is 4.90 Å². The van der Waals surface area contributed by atoms with Crippen LogP contribution in [0.15, 0.2) is 291 Å². The van der Waals surface area contributed by atoms with Crippen LogP contribution in [0.4, 0.5) is 17.1 Å². The second kappa shape index (κ2) is 18.4. The standard InChI is InChI=1S/C70H48N2/c1-3-19-53(20-4-1)60-24-9-10-25-62(60)63-26-11-12-27-64(63)65-28-13-15-32-68(65)71(58-44-40-51(41-45-58)50-34-36-52(37-35-50)56-39-38-49-18-7-8-21-55(49)48-56)59-46-42-54(43-47-59)61-30-17-31-67-66-29-14-16-33-69(66)72(70(61)67)57-22-5-2-6-23-57/h1-48H. The second-order valence-electron chi connectivity index (χ2n) is 18.4. The molecule has 0 amide bonds. The summed E-state index contributed by atoms with van der Waals surface area (Å²) in [5, 5.41) is 4.99. The third-order valence-corrected chi connectivity index (χ3v) is 14.2. The lowest BCUT2D eigenvalue weighted by Crippen LogP contribution is -2.11. The maximum atomic E-state index is 2.42. The van der Waals surface area contributed by atoms with Gasteiger partial charge in [0.15, 0.2) is 0 Å². The number of nitrogens with zero attached hydrogens (tertiary/aromatic N) is 2. The van der Waals surface area contributed by atoms with Gasteiger partial charge in [-0.15, -0.1) is 0 Å². The van der Waals surface area contributed by atoms with Crippen LogP contribution < -0.4 is 4.90 Å². The number of benzene rings is 12. The van der Waals surface area contributed by atoms with Gasteiger partial charge >= 0.3 is 0 Å². The van der Waals surface area contributed by atoms with Gasteiger partial charge in [0.05, 0.1) is 16.7 Å². The van der Waals surface area contributed by atoms with E-state index in [2.05, 4.69) is 301 Å². The molecule has 13 aromatic rings. The van der Waals surface area contributed by atoms with Crippen molar-refractivity contribution < 1.29 is 0 Å². The summed E-state index contributed by atoms with van der Waals surface area (Å²) < 4.78 is 2.42. The molecule has 2 nitrogen and oxygen atoms in total. The summed E-state index contributed by atoms with van der Waals surface area (Å²) in [4.78, 5) is 2.42. The Balaban J connectivity index is 0.933. The predicted molar refractivity (Wildman–Crippen MR) is 306 cm³/mol. The van der Waals surface area contributed by atoms with Crippen LogP contribution in [0.25, 0.3) is 105 Å². The molecule has 12 aromatic carbocycles. The van der Waals surface area contributed by atoms with E-state index >= 15 is 0 Å². The molecule has 2 heteroatoms. The van der Waals surface area contributed by atoms with Gasteiger partial charge in [-0.25, -0.2) is 0 Å². The van der Waals surface area contributed by atoms with Crippen LogP contribution in [-0.4, -0.2) is 4.57 Å². The van der Waals surface area contributed by atoms with Crippen molar-refractivity contribution in [3.63, 3.8) is 0 Å². The lowest BCUT2D eigenvalue weighted by atomic mass is 9.88. The number of aromatic nitrogens is 1. The Morgan fingerprint density at radius 1 is 0.250 bits per heavy atom. The molecule has 0 aliphatic rings. The summed E-state index contributed by atoms with van der Waals surface area (Å²) in [5.41, 5.74) is 21.0. The molecule has 0 saturated heterocycles. The quantitative estimate of drug-likeness (QED) is 0.133. The molecule has 0 bridgehead atoms. The van der Waals surface area contributed by atoms with Crippen LogP contribution in [-0.2, 0) is 0 Å². The highest BCUT2D eigenvalue weighted by molar-refractivity contribution is 6.14. The minimum absolute atomic E-state index is 1.07. The summed E-state index contributed by atoms with van der Waals surface area (Å²) in [5.74, 6) is 0. The maximum absolute atomic E-state index is 2.42. The van der Waals surface area contributed by atoms with Crippen molar-refractivity contribution in [3.05, 3.63) is 291 Å². The molecule has 0 atom stereocenters. The number of anilines is 3. The molecular formula is C70H48N2. The molecule has 1 heterocycles. The van der Waals surface area contributed by atoms with Crippen molar-refractivity contribution >= 4 is 49.6 Å². The summed E-state index contributed by atoms with van der Waals surface area (Å²) in [6, 6.07) is 106. The molecule has 13 rings (SSSR count). The Bertz CT molecular complexity index is 4060. The highest BCUT2D eigenvalue weighted by atomic mass is 15.1. The average Bonchev–Trinajstić information content (AvgIpc) is 3.81. The van der Waals surface area contributed by atoms with Crippen LogP contribution in [0.3, 0.4) is 0 Å². The van der Waals surface area contributed by atoms with E-state index in [0.717, 1.165) is 39.4 Å². The van der Waals surface area contributed by atoms with Gasteiger partial charge < -0.3 is 9.47 Å². The molecule has 0 unspecified atom stereocenters. The molecule has 0 spiro atoms. The number of rotatable bonds is 10. The third kappa shape index (κ3) is 7.73. The zero-order chi connectivity index (χ0) is 47.8. The Labute approximate surface area is 420 Å². The largest absolute Gasteiger partial charge is 0.310 e. The summed E-state index contributed by atoms with van der Waals surface area (Å²) >= 11 is 0. The van der Waals surface area contributed by atoms with Gasteiger partial charge in [-0.05, 0) is 121 Å². The molecule has 72 heavy (non-hydrogen) atoms. The van der Waals surface area contributed by atoms with E-state index < -0.39 is 0 Å². The second-order valence-corrected chi connectivity index (χ2v) is 18.4. The summed E-state index contributed by atoms with van der Waals surface area (Å²) in [7, 11) is 0. The average molecular weight is 917 g/mol. The molecule has 1 aromatic heterocycles. The van der Waals surface area contributed by atoms with E-state index in [0.29, 0.717) is 0 Å². The topological polar surface area (TPSA) is 8.17 Å². The first-order valence-corrected chi connectivity index (χ1v) is 24.7. The van der Waals surface area contributed by atoms with Gasteiger partial charge in [0.25, 0.3) is 0 Å². The molecule has 338 valence electrons. The van der Waals surface area contributed by atoms with Crippen molar-refractivity contribution in [2.45, 2.75) is 0 Å². The number of fused-ring (bicyclic) bond motifs is 4. The normalized spacial score (nSPS) is 11.3. The zero-order valence-electron chi connectivity index (χ0n) is 39.6.